The number of anilines is 1. The summed E-state index contributed by atoms with van der Waals surface area (Å²) in [4.78, 5) is 3.72. The topological polar surface area (TPSA) is 110 Å². The van der Waals surface area contributed by atoms with Crippen molar-refractivity contribution in [3.05, 3.63) is 6.33 Å². The number of nitrogens with zero attached hydrogens (tertiary/aromatic N) is 2. The van der Waals surface area contributed by atoms with Crippen LogP contribution in [0.1, 0.15) is 13.8 Å². The zero-order valence-corrected chi connectivity index (χ0v) is 11.0. The molecule has 0 aliphatic heterocycles. The van der Waals surface area contributed by atoms with Crippen LogP contribution in [0.4, 0.5) is 5.82 Å². The van der Waals surface area contributed by atoms with Crippen molar-refractivity contribution in [2.45, 2.75) is 18.9 Å². The van der Waals surface area contributed by atoms with Crippen LogP contribution >= 0.6 is 0 Å². The van der Waals surface area contributed by atoms with Gasteiger partial charge in [-0.2, -0.15) is 0 Å². The Bertz CT molecular complexity index is 473. The van der Waals surface area contributed by atoms with Crippen molar-refractivity contribution in [2.75, 3.05) is 18.9 Å². The van der Waals surface area contributed by atoms with Gasteiger partial charge in [-0.25, -0.2) is 18.1 Å². The Kier molecular flexibility index (Phi) is 3.80. The van der Waals surface area contributed by atoms with Crippen LogP contribution in [-0.4, -0.2) is 36.2 Å². The third kappa shape index (κ3) is 3.18. The lowest BCUT2D eigenvalue weighted by Crippen LogP contribution is -2.36. The van der Waals surface area contributed by atoms with Crippen LogP contribution in [0, 0.1) is 5.41 Å². The van der Waals surface area contributed by atoms with E-state index in [4.69, 9.17) is 10.8 Å². The monoisotopic (exact) mass is 262 g/mol. The maximum atomic E-state index is 12.0. The molecule has 0 aromatic carbocycles. The summed E-state index contributed by atoms with van der Waals surface area (Å²) >= 11 is 0. The molecular weight excluding hydrogens is 244 g/mol. The molecule has 0 bridgehead atoms. The third-order valence-corrected chi connectivity index (χ3v) is 3.86. The predicted molar refractivity (Wildman–Crippen MR) is 63.7 cm³/mol. The van der Waals surface area contributed by atoms with E-state index in [2.05, 4.69) is 9.71 Å². The van der Waals surface area contributed by atoms with E-state index >= 15 is 0 Å². The molecule has 4 N–H and O–H groups in total. The van der Waals surface area contributed by atoms with E-state index in [1.54, 1.807) is 20.9 Å². The highest BCUT2D eigenvalue weighted by molar-refractivity contribution is 7.89. The van der Waals surface area contributed by atoms with Gasteiger partial charge in [0.05, 0.1) is 6.33 Å². The van der Waals surface area contributed by atoms with Crippen LogP contribution in [0.2, 0.25) is 0 Å². The zero-order chi connectivity index (χ0) is 13.3. The second-order valence-electron chi connectivity index (χ2n) is 4.69. The fraction of sp³-hybridized carbons (Fsp3) is 0.667. The highest BCUT2D eigenvalue weighted by atomic mass is 32.2. The standard InChI is InChI=1S/C9H18N4O3S/c1-9(2,5-14)4-12-17(15,16)8-7(10)11-6-13(8)3/h6,12,14H,4-5,10H2,1-3H3. The number of hydrogen-bond acceptors (Lipinski definition) is 5. The molecule has 0 unspecified atom stereocenters. The van der Waals surface area contributed by atoms with Crippen molar-refractivity contribution in [2.24, 2.45) is 12.5 Å². The van der Waals surface area contributed by atoms with Crippen LogP contribution in [0.5, 0.6) is 0 Å². The van der Waals surface area contributed by atoms with E-state index in [0.717, 1.165) is 0 Å². The van der Waals surface area contributed by atoms with E-state index in [1.807, 2.05) is 0 Å². The van der Waals surface area contributed by atoms with Crippen LogP contribution in [0.25, 0.3) is 0 Å². The number of rotatable bonds is 5. The Balaban J connectivity index is 2.91. The van der Waals surface area contributed by atoms with Crippen LogP contribution in [0.3, 0.4) is 0 Å². The number of sulfonamides is 1. The third-order valence-electron chi connectivity index (χ3n) is 2.33. The average molecular weight is 262 g/mol. The SMILES string of the molecule is Cn1cnc(N)c1S(=O)(=O)NCC(C)(C)CO. The Labute approximate surface area is 101 Å². The van der Waals surface area contributed by atoms with Gasteiger partial charge in [-0.15, -0.1) is 0 Å². The summed E-state index contributed by atoms with van der Waals surface area (Å²) in [6.45, 7) is 3.51. The first kappa shape index (κ1) is 13.9. The molecule has 0 aliphatic rings. The lowest BCUT2D eigenvalue weighted by molar-refractivity contribution is 0.163. The smallest absolute Gasteiger partial charge is 0.260 e. The number of nitrogen functional groups attached to an aromatic ring is 1. The number of aliphatic hydroxyl groups is 1. The van der Waals surface area contributed by atoms with E-state index in [1.165, 1.54) is 10.9 Å². The van der Waals surface area contributed by atoms with Crippen molar-refractivity contribution < 1.29 is 13.5 Å². The first-order valence-electron chi connectivity index (χ1n) is 5.07. The van der Waals surface area contributed by atoms with Gasteiger partial charge in [-0.05, 0) is 0 Å². The highest BCUT2D eigenvalue weighted by Crippen LogP contribution is 2.17. The molecule has 1 aromatic heterocycles. The first-order chi connectivity index (χ1) is 7.69. The summed E-state index contributed by atoms with van der Waals surface area (Å²) in [6, 6.07) is 0. The minimum absolute atomic E-state index is 0.0400. The summed E-state index contributed by atoms with van der Waals surface area (Å²) in [6.07, 6.45) is 1.33. The lowest BCUT2D eigenvalue weighted by Gasteiger charge is -2.21. The Morgan fingerprint density at radius 2 is 2.18 bits per heavy atom. The molecule has 0 saturated heterocycles. The second-order valence-corrected chi connectivity index (χ2v) is 6.37. The van der Waals surface area contributed by atoms with Gasteiger partial charge in [0.1, 0.15) is 0 Å². The molecule has 0 atom stereocenters. The van der Waals surface area contributed by atoms with Gasteiger partial charge in [0.25, 0.3) is 10.0 Å². The van der Waals surface area contributed by atoms with Gasteiger partial charge in [0, 0.05) is 25.6 Å². The summed E-state index contributed by atoms with van der Waals surface area (Å²) in [5, 5.41) is 8.99. The van der Waals surface area contributed by atoms with Crippen molar-refractivity contribution in [1.82, 2.24) is 14.3 Å². The molecule has 17 heavy (non-hydrogen) atoms. The minimum atomic E-state index is -3.71. The molecule has 0 radical (unpaired) electrons. The van der Waals surface area contributed by atoms with E-state index in [-0.39, 0.29) is 24.0 Å². The molecular formula is C9H18N4O3S. The minimum Gasteiger partial charge on any atom is -0.396 e. The van der Waals surface area contributed by atoms with Crippen molar-refractivity contribution >= 4 is 15.8 Å². The number of aliphatic hydroxyl groups excluding tert-OH is 1. The normalized spacial score (nSPS) is 12.9. The molecule has 0 saturated carbocycles. The Morgan fingerprint density at radius 3 is 2.59 bits per heavy atom. The fourth-order valence-electron chi connectivity index (χ4n) is 1.18. The number of nitrogens with two attached hydrogens (primary N) is 1. The first-order valence-corrected chi connectivity index (χ1v) is 6.55. The number of hydrogen-bond donors (Lipinski definition) is 3. The number of imidazole rings is 1. The van der Waals surface area contributed by atoms with Crippen molar-refractivity contribution in [3.63, 3.8) is 0 Å². The molecule has 0 fully saturated rings. The Hall–Kier alpha value is -1.12. The highest BCUT2D eigenvalue weighted by Gasteiger charge is 2.25. The molecule has 1 heterocycles. The molecule has 8 heteroatoms. The summed E-state index contributed by atoms with van der Waals surface area (Å²) in [7, 11) is -2.16. The predicted octanol–water partition coefficient (Wildman–Crippen LogP) is -0.701. The summed E-state index contributed by atoms with van der Waals surface area (Å²) in [5.74, 6) is -0.0400. The van der Waals surface area contributed by atoms with E-state index in [9.17, 15) is 8.42 Å². The van der Waals surface area contributed by atoms with Gasteiger partial charge in [-0.3, -0.25) is 0 Å². The molecule has 0 amide bonds. The van der Waals surface area contributed by atoms with Gasteiger partial charge in [0.2, 0.25) is 0 Å². The molecule has 7 nitrogen and oxygen atoms in total. The lowest BCUT2D eigenvalue weighted by atomic mass is 9.96. The van der Waals surface area contributed by atoms with Crippen LogP contribution < -0.4 is 10.5 Å². The maximum absolute atomic E-state index is 12.0. The van der Waals surface area contributed by atoms with E-state index < -0.39 is 15.4 Å². The van der Waals surface area contributed by atoms with Crippen molar-refractivity contribution in [1.29, 1.82) is 0 Å². The summed E-state index contributed by atoms with van der Waals surface area (Å²) < 4.78 is 27.7. The van der Waals surface area contributed by atoms with E-state index in [0.29, 0.717) is 0 Å². The average Bonchev–Trinajstić information content (AvgIpc) is 2.57. The van der Waals surface area contributed by atoms with Crippen LogP contribution in [0.15, 0.2) is 11.4 Å². The molecule has 98 valence electrons. The molecule has 0 spiro atoms. The fourth-order valence-corrected chi connectivity index (χ4v) is 2.65. The number of aromatic nitrogens is 2. The zero-order valence-electron chi connectivity index (χ0n) is 10.1. The summed E-state index contributed by atoms with van der Waals surface area (Å²) in [5.41, 5.74) is 4.97. The second kappa shape index (κ2) is 4.63. The van der Waals surface area contributed by atoms with Gasteiger partial charge in [-0.1, -0.05) is 13.8 Å². The Morgan fingerprint density at radius 1 is 1.59 bits per heavy atom. The van der Waals surface area contributed by atoms with Gasteiger partial charge in [0.15, 0.2) is 10.8 Å². The molecule has 0 aliphatic carbocycles. The largest absolute Gasteiger partial charge is 0.396 e. The quantitative estimate of drug-likeness (QED) is 0.650. The van der Waals surface area contributed by atoms with Crippen molar-refractivity contribution in [3.8, 4) is 0 Å². The van der Waals surface area contributed by atoms with Crippen LogP contribution in [-0.2, 0) is 17.1 Å². The molecule has 1 aromatic rings. The van der Waals surface area contributed by atoms with Gasteiger partial charge < -0.3 is 15.4 Å². The number of nitrogens with one attached hydrogen (secondary N) is 1. The van der Waals surface area contributed by atoms with Gasteiger partial charge >= 0.3 is 0 Å². The molecule has 1 rings (SSSR count). The number of aryl methyl sites for hydroxylation is 1. The maximum Gasteiger partial charge on any atom is 0.260 e.